The van der Waals surface area contributed by atoms with Crippen molar-refractivity contribution in [3.63, 3.8) is 0 Å². The highest BCUT2D eigenvalue weighted by molar-refractivity contribution is 6.31. The molecule has 0 fully saturated rings. The van der Waals surface area contributed by atoms with Crippen molar-refractivity contribution in [3.8, 4) is 0 Å². The first kappa shape index (κ1) is 13.7. The number of aryl methyl sites for hydroxylation is 1. The number of halogens is 1. The number of amides is 2. The van der Waals surface area contributed by atoms with E-state index in [1.54, 1.807) is 22.9 Å². The van der Waals surface area contributed by atoms with Crippen LogP contribution in [0.4, 0.5) is 11.4 Å². The summed E-state index contributed by atoms with van der Waals surface area (Å²) in [7, 11) is 0. The highest BCUT2D eigenvalue weighted by atomic mass is 35.5. The molecule has 0 aliphatic carbocycles. The third kappa shape index (κ3) is 2.40. The lowest BCUT2D eigenvalue weighted by Gasteiger charge is -2.29. The molecule has 2 aromatic rings. The molecule has 1 aromatic carbocycles. The lowest BCUT2D eigenvalue weighted by Crippen LogP contribution is -2.42. The second-order valence-corrected chi connectivity index (χ2v) is 5.22. The smallest absolute Gasteiger partial charge is 0.275 e. The SMILES string of the molecule is CCn1cc(Cl)cc1C(=O)N1CC(=O)Nc2ccccc21. The molecular formula is C15H14ClN3O2. The molecule has 0 saturated carbocycles. The minimum absolute atomic E-state index is 0.00234. The maximum absolute atomic E-state index is 12.8. The van der Waals surface area contributed by atoms with E-state index in [9.17, 15) is 9.59 Å². The van der Waals surface area contributed by atoms with E-state index in [1.165, 1.54) is 4.90 Å². The van der Waals surface area contributed by atoms with Crippen molar-refractivity contribution in [1.29, 1.82) is 0 Å². The summed E-state index contributed by atoms with van der Waals surface area (Å²) in [6.45, 7) is 2.57. The molecule has 21 heavy (non-hydrogen) atoms. The van der Waals surface area contributed by atoms with Crippen molar-refractivity contribution in [2.75, 3.05) is 16.8 Å². The molecule has 1 aliphatic rings. The molecule has 6 heteroatoms. The van der Waals surface area contributed by atoms with Crippen LogP contribution < -0.4 is 10.2 Å². The van der Waals surface area contributed by atoms with E-state index in [-0.39, 0.29) is 18.4 Å². The minimum Gasteiger partial charge on any atom is -0.342 e. The molecule has 2 heterocycles. The number of aromatic nitrogens is 1. The fourth-order valence-electron chi connectivity index (χ4n) is 2.47. The number of anilines is 2. The molecule has 108 valence electrons. The van der Waals surface area contributed by atoms with Crippen LogP contribution in [0.3, 0.4) is 0 Å². The number of nitrogens with one attached hydrogen (secondary N) is 1. The van der Waals surface area contributed by atoms with Gasteiger partial charge in [0.05, 0.1) is 16.4 Å². The van der Waals surface area contributed by atoms with Gasteiger partial charge < -0.3 is 9.88 Å². The van der Waals surface area contributed by atoms with Gasteiger partial charge in [-0.2, -0.15) is 0 Å². The molecule has 1 aliphatic heterocycles. The second kappa shape index (κ2) is 5.26. The van der Waals surface area contributed by atoms with Gasteiger partial charge in [0, 0.05) is 12.7 Å². The molecule has 0 saturated heterocycles. The largest absolute Gasteiger partial charge is 0.342 e. The van der Waals surface area contributed by atoms with E-state index in [4.69, 9.17) is 11.6 Å². The van der Waals surface area contributed by atoms with Crippen LogP contribution in [0.25, 0.3) is 0 Å². The Bertz CT molecular complexity index is 723. The van der Waals surface area contributed by atoms with Gasteiger partial charge in [0.15, 0.2) is 0 Å². The van der Waals surface area contributed by atoms with E-state index >= 15 is 0 Å². The Morgan fingerprint density at radius 1 is 1.38 bits per heavy atom. The Labute approximate surface area is 127 Å². The van der Waals surface area contributed by atoms with E-state index in [0.717, 1.165) is 0 Å². The highest BCUT2D eigenvalue weighted by Gasteiger charge is 2.29. The summed E-state index contributed by atoms with van der Waals surface area (Å²) < 4.78 is 1.78. The number of fused-ring (bicyclic) bond motifs is 1. The van der Waals surface area contributed by atoms with Crippen molar-refractivity contribution in [2.45, 2.75) is 13.5 Å². The number of nitrogens with zero attached hydrogens (tertiary/aromatic N) is 2. The van der Waals surface area contributed by atoms with Crippen LogP contribution in [0.2, 0.25) is 5.02 Å². The van der Waals surface area contributed by atoms with Crippen molar-refractivity contribution in [1.82, 2.24) is 4.57 Å². The van der Waals surface area contributed by atoms with Crippen molar-refractivity contribution in [3.05, 3.63) is 47.2 Å². The monoisotopic (exact) mass is 303 g/mol. The van der Waals surface area contributed by atoms with Crippen LogP contribution in [-0.2, 0) is 11.3 Å². The Morgan fingerprint density at radius 3 is 2.90 bits per heavy atom. The Morgan fingerprint density at radius 2 is 2.14 bits per heavy atom. The van der Waals surface area contributed by atoms with Crippen LogP contribution in [0, 0.1) is 0 Å². The number of benzene rings is 1. The van der Waals surface area contributed by atoms with Gasteiger partial charge in [-0.3, -0.25) is 14.5 Å². The van der Waals surface area contributed by atoms with Gasteiger partial charge in [0.2, 0.25) is 5.91 Å². The van der Waals surface area contributed by atoms with Crippen molar-refractivity contribution >= 4 is 34.8 Å². The van der Waals surface area contributed by atoms with Crippen molar-refractivity contribution < 1.29 is 9.59 Å². The predicted octanol–water partition coefficient (Wildman–Crippen LogP) is 2.76. The molecule has 0 bridgehead atoms. The number of para-hydroxylation sites is 2. The van der Waals surface area contributed by atoms with Gasteiger partial charge in [0.1, 0.15) is 12.2 Å². The third-order valence-electron chi connectivity index (χ3n) is 3.44. The maximum atomic E-state index is 12.8. The average molecular weight is 304 g/mol. The summed E-state index contributed by atoms with van der Waals surface area (Å²) in [5, 5.41) is 3.27. The molecule has 0 spiro atoms. The Balaban J connectivity index is 2.04. The molecule has 1 N–H and O–H groups in total. The van der Waals surface area contributed by atoms with E-state index in [0.29, 0.717) is 28.6 Å². The standard InChI is InChI=1S/C15H14ClN3O2/c1-2-18-8-10(16)7-13(18)15(21)19-9-14(20)17-11-5-3-4-6-12(11)19/h3-8H,2,9H2,1H3,(H,17,20). The van der Waals surface area contributed by atoms with Crippen LogP contribution in [0.15, 0.2) is 36.5 Å². The minimum atomic E-state index is -0.231. The third-order valence-corrected chi connectivity index (χ3v) is 3.65. The normalized spacial score (nSPS) is 13.8. The molecule has 1 aromatic heterocycles. The van der Waals surface area contributed by atoms with Gasteiger partial charge in [-0.25, -0.2) is 0 Å². The summed E-state index contributed by atoms with van der Waals surface area (Å²) in [5.41, 5.74) is 1.82. The number of hydrogen-bond donors (Lipinski definition) is 1. The zero-order valence-electron chi connectivity index (χ0n) is 11.5. The quantitative estimate of drug-likeness (QED) is 0.927. The first-order valence-electron chi connectivity index (χ1n) is 6.66. The van der Waals surface area contributed by atoms with E-state index < -0.39 is 0 Å². The molecule has 3 rings (SSSR count). The number of hydrogen-bond acceptors (Lipinski definition) is 2. The summed E-state index contributed by atoms with van der Waals surface area (Å²) in [6, 6.07) is 8.87. The molecule has 0 radical (unpaired) electrons. The lowest BCUT2D eigenvalue weighted by atomic mass is 10.2. The predicted molar refractivity (Wildman–Crippen MR) is 81.9 cm³/mol. The molecule has 2 amide bonds. The highest BCUT2D eigenvalue weighted by Crippen LogP contribution is 2.30. The summed E-state index contributed by atoms with van der Waals surface area (Å²) >= 11 is 5.99. The number of carbonyl (C=O) groups excluding carboxylic acids is 2. The second-order valence-electron chi connectivity index (χ2n) is 4.79. The summed E-state index contributed by atoms with van der Waals surface area (Å²) in [6.07, 6.45) is 1.71. The lowest BCUT2D eigenvalue weighted by molar-refractivity contribution is -0.115. The molecule has 5 nitrogen and oxygen atoms in total. The van der Waals surface area contributed by atoms with Crippen LogP contribution in [0.1, 0.15) is 17.4 Å². The average Bonchev–Trinajstić information content (AvgIpc) is 2.86. The topological polar surface area (TPSA) is 54.3 Å². The molecule has 0 unspecified atom stereocenters. The summed E-state index contributed by atoms with van der Waals surface area (Å²) in [5.74, 6) is -0.436. The fourth-order valence-corrected chi connectivity index (χ4v) is 2.69. The van der Waals surface area contributed by atoms with Crippen LogP contribution in [0.5, 0.6) is 0 Å². The van der Waals surface area contributed by atoms with E-state index in [2.05, 4.69) is 5.32 Å². The Hall–Kier alpha value is -2.27. The van der Waals surface area contributed by atoms with Gasteiger partial charge in [0.25, 0.3) is 5.91 Å². The zero-order valence-corrected chi connectivity index (χ0v) is 12.2. The first-order chi connectivity index (χ1) is 10.1. The van der Waals surface area contributed by atoms with Gasteiger partial charge in [-0.15, -0.1) is 0 Å². The zero-order chi connectivity index (χ0) is 15.0. The van der Waals surface area contributed by atoms with Gasteiger partial charge in [-0.1, -0.05) is 23.7 Å². The molecule has 0 atom stereocenters. The van der Waals surface area contributed by atoms with Crippen LogP contribution in [-0.4, -0.2) is 22.9 Å². The summed E-state index contributed by atoms with van der Waals surface area (Å²) in [4.78, 5) is 26.0. The van der Waals surface area contributed by atoms with Crippen molar-refractivity contribution in [2.24, 2.45) is 0 Å². The Kier molecular flexibility index (Phi) is 3.43. The molecular weight excluding hydrogens is 290 g/mol. The number of rotatable bonds is 2. The van der Waals surface area contributed by atoms with Crippen LogP contribution >= 0.6 is 11.6 Å². The first-order valence-corrected chi connectivity index (χ1v) is 7.04. The van der Waals surface area contributed by atoms with Gasteiger partial charge in [-0.05, 0) is 25.1 Å². The number of carbonyl (C=O) groups is 2. The maximum Gasteiger partial charge on any atom is 0.275 e. The van der Waals surface area contributed by atoms with E-state index in [1.807, 2.05) is 25.1 Å². The fraction of sp³-hybridized carbons (Fsp3) is 0.200. The van der Waals surface area contributed by atoms with Gasteiger partial charge >= 0.3 is 0 Å².